The summed E-state index contributed by atoms with van der Waals surface area (Å²) in [5.41, 5.74) is 3.74. The van der Waals surface area contributed by atoms with E-state index in [0.29, 0.717) is 5.16 Å². The third-order valence-electron chi connectivity index (χ3n) is 4.53. The van der Waals surface area contributed by atoms with Gasteiger partial charge in [0, 0.05) is 11.8 Å². The molecule has 1 N–H and O–H groups in total. The first-order valence-electron chi connectivity index (χ1n) is 8.15. The molecule has 0 aliphatic heterocycles. The minimum absolute atomic E-state index is 0.154. The van der Waals surface area contributed by atoms with Crippen LogP contribution in [0.15, 0.2) is 41.7 Å². The third kappa shape index (κ3) is 2.60. The fourth-order valence-electron chi connectivity index (χ4n) is 3.35. The lowest BCUT2D eigenvalue weighted by atomic mass is 10.1. The summed E-state index contributed by atoms with van der Waals surface area (Å²) in [5, 5.41) is 0.372. The molecule has 4 rings (SSSR count). The van der Waals surface area contributed by atoms with Gasteiger partial charge < -0.3 is 9.72 Å². The maximum absolute atomic E-state index is 13.2. The van der Waals surface area contributed by atoms with Crippen LogP contribution >= 0.6 is 0 Å². The smallest absolute Gasteiger partial charge is 0.198 e. The predicted octanol–water partition coefficient (Wildman–Crippen LogP) is 3.54. The van der Waals surface area contributed by atoms with Crippen LogP contribution in [-0.2, 0) is 17.2 Å². The number of rotatable bonds is 3. The molecule has 2 aromatic heterocycles. The van der Waals surface area contributed by atoms with Gasteiger partial charge in [-0.05, 0) is 37.5 Å². The van der Waals surface area contributed by atoms with Crippen LogP contribution in [0.5, 0.6) is 5.75 Å². The summed E-state index contributed by atoms with van der Waals surface area (Å²) in [5.74, 6) is 0.841. The van der Waals surface area contributed by atoms with Crippen molar-refractivity contribution in [2.45, 2.75) is 36.1 Å². The number of ether oxygens (including phenoxy) is 1. The monoisotopic (exact) mass is 341 g/mol. The Labute approximate surface area is 142 Å². The Kier molecular flexibility index (Phi) is 4.06. The minimum atomic E-state index is -1.27. The van der Waals surface area contributed by atoms with Crippen LogP contribution < -0.4 is 4.74 Å². The van der Waals surface area contributed by atoms with E-state index in [-0.39, 0.29) is 5.25 Å². The summed E-state index contributed by atoms with van der Waals surface area (Å²) >= 11 is 0. The van der Waals surface area contributed by atoms with Crippen LogP contribution in [0.4, 0.5) is 0 Å². The highest BCUT2D eigenvalue weighted by Gasteiger charge is 2.29. The van der Waals surface area contributed by atoms with E-state index in [1.165, 1.54) is 0 Å². The summed E-state index contributed by atoms with van der Waals surface area (Å²) in [6, 6.07) is 9.63. The average molecular weight is 341 g/mol. The highest BCUT2D eigenvalue weighted by molar-refractivity contribution is 7.85. The van der Waals surface area contributed by atoms with E-state index in [1.54, 1.807) is 13.3 Å². The van der Waals surface area contributed by atoms with Gasteiger partial charge in [-0.1, -0.05) is 18.6 Å². The van der Waals surface area contributed by atoms with Crippen molar-refractivity contribution in [2.75, 3.05) is 7.11 Å². The molecule has 0 radical (unpaired) electrons. The second kappa shape index (κ2) is 6.36. The SMILES string of the molecule is COc1ccnc2c1CCCCC2S(=O)c1nc2ccccc2[nH]1. The van der Waals surface area contributed by atoms with E-state index < -0.39 is 10.8 Å². The summed E-state index contributed by atoms with van der Waals surface area (Å²) in [7, 11) is 0.402. The number of methoxy groups -OCH3 is 1. The van der Waals surface area contributed by atoms with Gasteiger partial charge in [0.15, 0.2) is 5.16 Å². The number of fused-ring (bicyclic) bond motifs is 2. The number of pyridine rings is 1. The third-order valence-corrected chi connectivity index (χ3v) is 6.08. The fraction of sp³-hybridized carbons (Fsp3) is 0.333. The molecule has 124 valence electrons. The molecule has 3 aromatic rings. The van der Waals surface area contributed by atoms with Gasteiger partial charge in [-0.3, -0.25) is 9.19 Å². The van der Waals surface area contributed by atoms with E-state index in [2.05, 4.69) is 15.0 Å². The molecule has 0 bridgehead atoms. The van der Waals surface area contributed by atoms with Crippen LogP contribution in [0.3, 0.4) is 0 Å². The Bertz CT molecular complexity index is 873. The molecular formula is C18H19N3O2S. The largest absolute Gasteiger partial charge is 0.496 e. The molecule has 2 heterocycles. The Morgan fingerprint density at radius 3 is 2.96 bits per heavy atom. The molecule has 0 saturated heterocycles. The zero-order chi connectivity index (χ0) is 16.5. The summed E-state index contributed by atoms with van der Waals surface area (Å²) in [6.07, 6.45) is 5.59. The van der Waals surface area contributed by atoms with Crippen molar-refractivity contribution in [3.05, 3.63) is 47.8 Å². The highest BCUT2D eigenvalue weighted by atomic mass is 32.2. The first-order chi connectivity index (χ1) is 11.8. The van der Waals surface area contributed by atoms with Crippen molar-refractivity contribution in [3.8, 4) is 5.75 Å². The first-order valence-corrected chi connectivity index (χ1v) is 9.36. The molecule has 0 amide bonds. The van der Waals surface area contributed by atoms with Crippen molar-refractivity contribution in [1.29, 1.82) is 0 Å². The first kappa shape index (κ1) is 15.3. The Balaban J connectivity index is 1.77. The number of H-pyrrole nitrogens is 1. The molecule has 1 aliphatic rings. The normalized spacial score (nSPS) is 18.8. The van der Waals surface area contributed by atoms with E-state index in [1.807, 2.05) is 30.3 Å². The molecule has 1 aromatic carbocycles. The quantitative estimate of drug-likeness (QED) is 0.740. The van der Waals surface area contributed by atoms with E-state index in [9.17, 15) is 4.21 Å². The summed E-state index contributed by atoms with van der Waals surface area (Å²) < 4.78 is 18.7. The zero-order valence-electron chi connectivity index (χ0n) is 13.5. The molecule has 0 saturated carbocycles. The van der Waals surface area contributed by atoms with Gasteiger partial charge >= 0.3 is 0 Å². The zero-order valence-corrected chi connectivity index (χ0v) is 14.3. The van der Waals surface area contributed by atoms with Gasteiger partial charge in [-0.15, -0.1) is 0 Å². The summed E-state index contributed by atoms with van der Waals surface area (Å²) in [4.78, 5) is 12.3. The maximum Gasteiger partial charge on any atom is 0.198 e. The lowest BCUT2D eigenvalue weighted by Crippen LogP contribution is -2.11. The standard InChI is InChI=1S/C18H19N3O2S/c1-23-15-10-11-19-17-12(15)6-2-5-9-16(17)24(22)18-20-13-7-3-4-8-14(13)21-18/h3-4,7-8,10-11,16H,2,5-6,9H2,1H3,(H,20,21). The van der Waals surface area contributed by atoms with Crippen molar-refractivity contribution in [2.24, 2.45) is 0 Å². The molecule has 6 heteroatoms. The molecule has 24 heavy (non-hydrogen) atoms. The Morgan fingerprint density at radius 2 is 2.12 bits per heavy atom. The highest BCUT2D eigenvalue weighted by Crippen LogP contribution is 2.37. The van der Waals surface area contributed by atoms with E-state index in [0.717, 1.165) is 53.7 Å². The van der Waals surface area contributed by atoms with Crippen molar-refractivity contribution < 1.29 is 8.95 Å². The van der Waals surface area contributed by atoms with Crippen LogP contribution in [0.1, 0.15) is 35.8 Å². The second-order valence-corrected chi connectivity index (χ2v) is 7.52. The second-order valence-electron chi connectivity index (χ2n) is 5.97. The topological polar surface area (TPSA) is 67.9 Å². The summed E-state index contributed by atoms with van der Waals surface area (Å²) in [6.45, 7) is 0. The Hall–Kier alpha value is -2.21. The van der Waals surface area contributed by atoms with Gasteiger partial charge in [-0.25, -0.2) is 4.98 Å². The van der Waals surface area contributed by atoms with Gasteiger partial charge in [-0.2, -0.15) is 0 Å². The van der Waals surface area contributed by atoms with Gasteiger partial charge in [0.05, 0.1) is 39.9 Å². The van der Waals surface area contributed by atoms with Crippen molar-refractivity contribution >= 4 is 21.8 Å². The number of hydrogen-bond donors (Lipinski definition) is 1. The number of nitrogens with zero attached hydrogens (tertiary/aromatic N) is 2. The van der Waals surface area contributed by atoms with Crippen LogP contribution in [0.2, 0.25) is 0 Å². The van der Waals surface area contributed by atoms with E-state index in [4.69, 9.17) is 4.74 Å². The fourth-order valence-corrected chi connectivity index (χ4v) is 4.80. The number of nitrogens with one attached hydrogen (secondary N) is 1. The van der Waals surface area contributed by atoms with Crippen molar-refractivity contribution in [3.63, 3.8) is 0 Å². The molecule has 0 fully saturated rings. The molecular weight excluding hydrogens is 322 g/mol. The number of para-hydroxylation sites is 2. The molecule has 1 aliphatic carbocycles. The maximum atomic E-state index is 13.2. The van der Waals surface area contributed by atoms with Crippen LogP contribution in [0, 0.1) is 0 Å². The minimum Gasteiger partial charge on any atom is -0.496 e. The van der Waals surface area contributed by atoms with Crippen molar-refractivity contribution in [1.82, 2.24) is 15.0 Å². The van der Waals surface area contributed by atoms with Gasteiger partial charge in [0.25, 0.3) is 0 Å². The van der Waals surface area contributed by atoms with Crippen LogP contribution in [-0.4, -0.2) is 26.3 Å². The number of aromatic nitrogens is 3. The lowest BCUT2D eigenvalue weighted by molar-refractivity contribution is 0.408. The van der Waals surface area contributed by atoms with E-state index >= 15 is 0 Å². The Morgan fingerprint density at radius 1 is 1.25 bits per heavy atom. The molecule has 0 spiro atoms. The van der Waals surface area contributed by atoms with Gasteiger partial charge in [0.1, 0.15) is 5.75 Å². The van der Waals surface area contributed by atoms with Crippen LogP contribution in [0.25, 0.3) is 11.0 Å². The lowest BCUT2D eigenvalue weighted by Gasteiger charge is -2.16. The molecule has 2 atom stereocenters. The number of hydrogen-bond acceptors (Lipinski definition) is 4. The number of benzene rings is 1. The number of aromatic amines is 1. The predicted molar refractivity (Wildman–Crippen MR) is 93.6 cm³/mol. The number of imidazole rings is 1. The molecule has 5 nitrogen and oxygen atoms in total. The molecule has 2 unspecified atom stereocenters. The van der Waals surface area contributed by atoms with Gasteiger partial charge in [0.2, 0.25) is 0 Å². The average Bonchev–Trinajstić information content (AvgIpc) is 2.93.